The summed E-state index contributed by atoms with van der Waals surface area (Å²) < 4.78 is 0. The van der Waals surface area contributed by atoms with Gasteiger partial charge >= 0.3 is 0 Å². The lowest BCUT2D eigenvalue weighted by atomic mass is 9.98. The molecule has 0 bridgehead atoms. The van der Waals surface area contributed by atoms with E-state index >= 15 is 0 Å². The molecule has 1 aliphatic rings. The second-order valence-corrected chi connectivity index (χ2v) is 5.77. The van der Waals surface area contributed by atoms with Gasteiger partial charge in [0.1, 0.15) is 5.82 Å². The highest BCUT2D eigenvalue weighted by Gasteiger charge is 2.21. The summed E-state index contributed by atoms with van der Waals surface area (Å²) in [6.45, 7) is 2.71. The highest BCUT2D eigenvalue weighted by atomic mass is 16.1. The number of hydrogen-bond donors (Lipinski definition) is 2. The largest absolute Gasteiger partial charge is 0.368 e. The van der Waals surface area contributed by atoms with Crippen molar-refractivity contribution in [2.75, 3.05) is 36.9 Å². The number of anilines is 2. The van der Waals surface area contributed by atoms with Crippen molar-refractivity contribution in [3.8, 4) is 0 Å². The number of rotatable bonds is 5. The van der Waals surface area contributed by atoms with E-state index in [0.717, 1.165) is 38.4 Å². The molecule has 0 spiro atoms. The molecule has 1 aliphatic heterocycles. The van der Waals surface area contributed by atoms with Gasteiger partial charge in [-0.05, 0) is 37.0 Å². The van der Waals surface area contributed by atoms with Crippen molar-refractivity contribution < 1.29 is 4.79 Å². The normalized spacial score (nSPS) is 17.4. The van der Waals surface area contributed by atoms with E-state index in [1.54, 1.807) is 31.6 Å². The van der Waals surface area contributed by atoms with Gasteiger partial charge in [0, 0.05) is 39.1 Å². The van der Waals surface area contributed by atoms with Crippen molar-refractivity contribution >= 4 is 17.7 Å². The van der Waals surface area contributed by atoms with E-state index in [-0.39, 0.29) is 5.91 Å². The quantitative estimate of drug-likeness (QED) is 0.844. The third kappa shape index (κ3) is 3.95. The summed E-state index contributed by atoms with van der Waals surface area (Å²) in [6.07, 6.45) is 5.81. The fraction of sp³-hybridized carbons (Fsp3) is 0.438. The lowest BCUT2D eigenvalue weighted by molar-refractivity contribution is 0.0957. The molecule has 8 heteroatoms. The average Bonchev–Trinajstić information content (AvgIpc) is 2.67. The molecular formula is C16H21N7O. The fourth-order valence-electron chi connectivity index (χ4n) is 2.79. The Labute approximate surface area is 140 Å². The predicted octanol–water partition coefficient (Wildman–Crippen LogP) is 0.955. The van der Waals surface area contributed by atoms with Crippen LogP contribution in [0.25, 0.3) is 0 Å². The fourth-order valence-corrected chi connectivity index (χ4v) is 2.79. The molecule has 8 nitrogen and oxygen atoms in total. The average molecular weight is 327 g/mol. The molecule has 1 amide bonds. The van der Waals surface area contributed by atoms with Gasteiger partial charge in [0.25, 0.3) is 5.91 Å². The van der Waals surface area contributed by atoms with Crippen LogP contribution < -0.4 is 15.5 Å². The van der Waals surface area contributed by atoms with Gasteiger partial charge in [0.2, 0.25) is 5.95 Å². The number of amides is 1. The van der Waals surface area contributed by atoms with Crippen LogP contribution in [0, 0.1) is 5.92 Å². The molecule has 0 aromatic carbocycles. The first kappa shape index (κ1) is 16.1. The first-order chi connectivity index (χ1) is 11.8. The number of nitrogens with one attached hydrogen (secondary N) is 2. The zero-order valence-electron chi connectivity index (χ0n) is 13.6. The van der Waals surface area contributed by atoms with Gasteiger partial charge < -0.3 is 15.5 Å². The van der Waals surface area contributed by atoms with E-state index in [0.29, 0.717) is 17.4 Å². The van der Waals surface area contributed by atoms with Gasteiger partial charge in [-0.15, -0.1) is 10.2 Å². The molecule has 1 atom stereocenters. The van der Waals surface area contributed by atoms with Crippen LogP contribution in [0.15, 0.2) is 30.6 Å². The minimum absolute atomic E-state index is 0.236. The van der Waals surface area contributed by atoms with Crippen LogP contribution in [0.4, 0.5) is 11.8 Å². The summed E-state index contributed by atoms with van der Waals surface area (Å²) in [4.78, 5) is 22.3. The third-order valence-corrected chi connectivity index (χ3v) is 4.05. The molecule has 3 rings (SSSR count). The molecule has 2 aromatic heterocycles. The standard InChI is InChI=1S/C16H21N7O/c1-17-15(24)13-5-6-14(22-21-13)20-10-12-4-2-9-23(11-12)16-18-7-3-8-19-16/h3,5-8,12H,2,4,9-11H2,1H3,(H,17,24)(H,20,22). The van der Waals surface area contributed by atoms with Crippen LogP contribution in [-0.4, -0.2) is 52.8 Å². The topological polar surface area (TPSA) is 95.9 Å². The Morgan fingerprint density at radius 3 is 2.83 bits per heavy atom. The molecule has 2 aromatic rings. The van der Waals surface area contributed by atoms with E-state index in [2.05, 4.69) is 35.7 Å². The molecule has 24 heavy (non-hydrogen) atoms. The number of piperidine rings is 1. The van der Waals surface area contributed by atoms with Crippen LogP contribution in [0.1, 0.15) is 23.3 Å². The number of carbonyl (C=O) groups is 1. The van der Waals surface area contributed by atoms with Gasteiger partial charge in [-0.3, -0.25) is 4.79 Å². The zero-order valence-corrected chi connectivity index (χ0v) is 13.6. The monoisotopic (exact) mass is 327 g/mol. The molecule has 1 saturated heterocycles. The molecule has 0 radical (unpaired) electrons. The third-order valence-electron chi connectivity index (χ3n) is 4.05. The van der Waals surface area contributed by atoms with Crippen molar-refractivity contribution in [3.05, 3.63) is 36.3 Å². The number of hydrogen-bond acceptors (Lipinski definition) is 7. The maximum atomic E-state index is 11.4. The Kier molecular flexibility index (Phi) is 5.15. The van der Waals surface area contributed by atoms with Crippen molar-refractivity contribution in [2.24, 2.45) is 5.92 Å². The molecular weight excluding hydrogens is 306 g/mol. The van der Waals surface area contributed by atoms with Crippen molar-refractivity contribution in [1.82, 2.24) is 25.5 Å². The molecule has 126 valence electrons. The van der Waals surface area contributed by atoms with Gasteiger partial charge in [0.05, 0.1) is 0 Å². The first-order valence-corrected chi connectivity index (χ1v) is 8.08. The molecule has 3 heterocycles. The second-order valence-electron chi connectivity index (χ2n) is 5.77. The SMILES string of the molecule is CNC(=O)c1ccc(NCC2CCCN(c3ncccn3)C2)nn1. The van der Waals surface area contributed by atoms with Crippen LogP contribution in [-0.2, 0) is 0 Å². The molecule has 0 aliphatic carbocycles. The molecule has 1 fully saturated rings. The van der Waals surface area contributed by atoms with Crippen LogP contribution in [0.3, 0.4) is 0 Å². The summed E-state index contributed by atoms with van der Waals surface area (Å²) in [6, 6.07) is 5.27. The Morgan fingerprint density at radius 2 is 2.12 bits per heavy atom. The molecule has 0 saturated carbocycles. The summed E-state index contributed by atoms with van der Waals surface area (Å²) in [7, 11) is 1.57. The summed E-state index contributed by atoms with van der Waals surface area (Å²) >= 11 is 0. The van der Waals surface area contributed by atoms with Crippen molar-refractivity contribution in [3.63, 3.8) is 0 Å². The summed E-state index contributed by atoms with van der Waals surface area (Å²) in [5.41, 5.74) is 0.313. The van der Waals surface area contributed by atoms with Gasteiger partial charge in [-0.1, -0.05) is 0 Å². The highest BCUT2D eigenvalue weighted by Crippen LogP contribution is 2.20. The van der Waals surface area contributed by atoms with Crippen LogP contribution in [0.5, 0.6) is 0 Å². The first-order valence-electron chi connectivity index (χ1n) is 8.08. The Morgan fingerprint density at radius 1 is 1.29 bits per heavy atom. The van der Waals surface area contributed by atoms with E-state index in [1.165, 1.54) is 0 Å². The van der Waals surface area contributed by atoms with Crippen molar-refractivity contribution in [2.45, 2.75) is 12.8 Å². The number of carbonyl (C=O) groups excluding carboxylic acids is 1. The Bertz CT molecular complexity index is 662. The zero-order chi connectivity index (χ0) is 16.8. The summed E-state index contributed by atoms with van der Waals surface area (Å²) in [5, 5.41) is 13.8. The van der Waals surface area contributed by atoms with E-state index in [4.69, 9.17) is 0 Å². The van der Waals surface area contributed by atoms with Gasteiger partial charge in [-0.25, -0.2) is 9.97 Å². The molecule has 2 N–H and O–H groups in total. The summed E-state index contributed by atoms with van der Waals surface area (Å²) in [5.74, 6) is 1.72. The van der Waals surface area contributed by atoms with Crippen LogP contribution in [0.2, 0.25) is 0 Å². The maximum Gasteiger partial charge on any atom is 0.271 e. The van der Waals surface area contributed by atoms with Gasteiger partial charge in [0.15, 0.2) is 5.69 Å². The lowest BCUT2D eigenvalue weighted by Crippen LogP contribution is -2.39. The Hall–Kier alpha value is -2.77. The van der Waals surface area contributed by atoms with E-state index < -0.39 is 0 Å². The Balaban J connectivity index is 1.53. The minimum Gasteiger partial charge on any atom is -0.368 e. The highest BCUT2D eigenvalue weighted by molar-refractivity contribution is 5.91. The maximum absolute atomic E-state index is 11.4. The van der Waals surface area contributed by atoms with Crippen LogP contribution >= 0.6 is 0 Å². The number of aromatic nitrogens is 4. The van der Waals surface area contributed by atoms with E-state index in [1.807, 2.05) is 6.07 Å². The minimum atomic E-state index is -0.236. The van der Waals surface area contributed by atoms with Gasteiger partial charge in [-0.2, -0.15) is 0 Å². The van der Waals surface area contributed by atoms with E-state index in [9.17, 15) is 4.79 Å². The smallest absolute Gasteiger partial charge is 0.271 e. The lowest BCUT2D eigenvalue weighted by Gasteiger charge is -2.32. The molecule has 1 unspecified atom stereocenters. The van der Waals surface area contributed by atoms with Crippen molar-refractivity contribution in [1.29, 1.82) is 0 Å². The predicted molar refractivity (Wildman–Crippen MR) is 90.9 cm³/mol. The number of nitrogens with zero attached hydrogens (tertiary/aromatic N) is 5. The second kappa shape index (κ2) is 7.67.